The number of hydrogen-bond acceptors (Lipinski definition) is 5. The standard InChI is InChI=1S/C8H13N3O4S/c1-10(6-8(12)15-3)16(13,14)7-4-5-9-11(7)2/h4-5H,6H2,1-3H3. The summed E-state index contributed by atoms with van der Waals surface area (Å²) in [5.41, 5.74) is 0. The lowest BCUT2D eigenvalue weighted by molar-refractivity contribution is -0.140. The fourth-order valence-corrected chi connectivity index (χ4v) is 2.31. The number of esters is 1. The number of carbonyl (C=O) groups is 1. The predicted octanol–water partition coefficient (Wildman–Crippen LogP) is -0.786. The molecule has 0 aromatic carbocycles. The minimum atomic E-state index is -3.70. The molecule has 1 heterocycles. The first-order chi connectivity index (χ1) is 7.39. The highest BCUT2D eigenvalue weighted by Gasteiger charge is 2.25. The van der Waals surface area contributed by atoms with Gasteiger partial charge >= 0.3 is 5.97 Å². The van der Waals surface area contributed by atoms with E-state index in [2.05, 4.69) is 9.84 Å². The molecule has 0 aliphatic carbocycles. The first-order valence-corrected chi connectivity index (χ1v) is 5.84. The van der Waals surface area contributed by atoms with E-state index in [4.69, 9.17) is 0 Å². The number of rotatable bonds is 4. The molecule has 0 radical (unpaired) electrons. The Kier molecular flexibility index (Phi) is 3.66. The van der Waals surface area contributed by atoms with Gasteiger partial charge in [-0.3, -0.25) is 9.48 Å². The molecule has 8 heteroatoms. The number of aromatic nitrogens is 2. The van der Waals surface area contributed by atoms with Gasteiger partial charge in [-0.15, -0.1) is 0 Å². The molecule has 0 saturated carbocycles. The summed E-state index contributed by atoms with van der Waals surface area (Å²) in [5, 5.41) is 3.79. The first-order valence-electron chi connectivity index (χ1n) is 4.40. The van der Waals surface area contributed by atoms with E-state index in [0.29, 0.717) is 0 Å². The molecule has 0 spiro atoms. The van der Waals surface area contributed by atoms with Crippen LogP contribution in [0.2, 0.25) is 0 Å². The average Bonchev–Trinajstić information content (AvgIpc) is 2.64. The highest BCUT2D eigenvalue weighted by atomic mass is 32.2. The summed E-state index contributed by atoms with van der Waals surface area (Å²) in [7, 11) is 0.320. The van der Waals surface area contributed by atoms with Crippen LogP contribution in [0.15, 0.2) is 17.3 Å². The number of ether oxygens (including phenoxy) is 1. The van der Waals surface area contributed by atoms with E-state index in [1.165, 1.54) is 38.2 Å². The number of carbonyl (C=O) groups excluding carboxylic acids is 1. The van der Waals surface area contributed by atoms with Crippen LogP contribution < -0.4 is 0 Å². The summed E-state index contributed by atoms with van der Waals surface area (Å²) < 4.78 is 30.4. The van der Waals surface area contributed by atoms with Gasteiger partial charge in [0.1, 0.15) is 6.54 Å². The summed E-state index contributed by atoms with van der Waals surface area (Å²) in [6.07, 6.45) is 1.37. The van der Waals surface area contributed by atoms with Crippen LogP contribution in [-0.4, -0.2) is 49.2 Å². The van der Waals surface area contributed by atoms with Gasteiger partial charge in [0.05, 0.1) is 13.3 Å². The maximum atomic E-state index is 11.9. The summed E-state index contributed by atoms with van der Waals surface area (Å²) in [5.74, 6) is -0.617. The summed E-state index contributed by atoms with van der Waals surface area (Å²) in [6.45, 7) is -0.329. The molecule has 0 aliphatic heterocycles. The van der Waals surface area contributed by atoms with Crippen molar-refractivity contribution in [1.82, 2.24) is 14.1 Å². The normalized spacial score (nSPS) is 11.8. The van der Waals surface area contributed by atoms with Gasteiger partial charge in [-0.2, -0.15) is 9.40 Å². The number of sulfonamides is 1. The lowest BCUT2D eigenvalue weighted by atomic mass is 10.7. The second-order valence-electron chi connectivity index (χ2n) is 3.13. The molecular weight excluding hydrogens is 234 g/mol. The Morgan fingerprint density at radius 1 is 1.62 bits per heavy atom. The lowest BCUT2D eigenvalue weighted by Crippen LogP contribution is -2.33. The van der Waals surface area contributed by atoms with Gasteiger partial charge in [0.2, 0.25) is 0 Å². The lowest BCUT2D eigenvalue weighted by Gasteiger charge is -2.15. The molecule has 0 amide bonds. The maximum absolute atomic E-state index is 11.9. The van der Waals surface area contributed by atoms with Crippen molar-refractivity contribution in [2.45, 2.75) is 5.03 Å². The molecule has 1 rings (SSSR count). The van der Waals surface area contributed by atoms with Crippen molar-refractivity contribution in [3.8, 4) is 0 Å². The molecular formula is C8H13N3O4S. The highest BCUT2D eigenvalue weighted by molar-refractivity contribution is 7.89. The van der Waals surface area contributed by atoms with Crippen molar-refractivity contribution in [3.05, 3.63) is 12.3 Å². The zero-order chi connectivity index (χ0) is 12.3. The Hall–Kier alpha value is -1.41. The van der Waals surface area contributed by atoms with Crippen LogP contribution in [0.4, 0.5) is 0 Å². The van der Waals surface area contributed by atoms with Crippen LogP contribution in [0, 0.1) is 0 Å². The zero-order valence-corrected chi connectivity index (χ0v) is 10.1. The molecule has 90 valence electrons. The van der Waals surface area contributed by atoms with Crippen LogP contribution >= 0.6 is 0 Å². The zero-order valence-electron chi connectivity index (χ0n) is 9.24. The summed E-state index contributed by atoms with van der Waals surface area (Å²) in [4.78, 5) is 11.0. The van der Waals surface area contributed by atoms with Gasteiger partial charge in [0, 0.05) is 14.1 Å². The number of hydrogen-bond donors (Lipinski definition) is 0. The number of aryl methyl sites for hydroxylation is 1. The average molecular weight is 247 g/mol. The monoisotopic (exact) mass is 247 g/mol. The van der Waals surface area contributed by atoms with Crippen LogP contribution in [0.25, 0.3) is 0 Å². The van der Waals surface area contributed by atoms with Crippen molar-refractivity contribution in [1.29, 1.82) is 0 Å². The molecule has 0 unspecified atom stereocenters. The SMILES string of the molecule is COC(=O)CN(C)S(=O)(=O)c1ccnn1C. The quantitative estimate of drug-likeness (QED) is 0.651. The molecule has 7 nitrogen and oxygen atoms in total. The molecule has 0 fully saturated rings. The summed E-state index contributed by atoms with van der Waals surface area (Å²) >= 11 is 0. The third-order valence-corrected chi connectivity index (χ3v) is 3.91. The van der Waals surface area contributed by atoms with Crippen molar-refractivity contribution < 1.29 is 17.9 Å². The first kappa shape index (κ1) is 12.7. The second kappa shape index (κ2) is 4.62. The van der Waals surface area contributed by atoms with E-state index in [0.717, 1.165) is 4.31 Å². The van der Waals surface area contributed by atoms with Gasteiger partial charge in [-0.1, -0.05) is 0 Å². The van der Waals surface area contributed by atoms with Gasteiger partial charge in [-0.05, 0) is 6.07 Å². The third-order valence-electron chi connectivity index (χ3n) is 2.03. The smallest absolute Gasteiger partial charge is 0.321 e. The Labute approximate surface area is 93.7 Å². The Morgan fingerprint density at radius 2 is 2.25 bits per heavy atom. The topological polar surface area (TPSA) is 81.5 Å². The van der Waals surface area contributed by atoms with Crippen molar-refractivity contribution in [2.24, 2.45) is 7.05 Å². The van der Waals surface area contributed by atoms with E-state index < -0.39 is 16.0 Å². The molecule has 1 aromatic rings. The van der Waals surface area contributed by atoms with Gasteiger partial charge < -0.3 is 4.74 Å². The maximum Gasteiger partial charge on any atom is 0.321 e. The number of likely N-dealkylation sites (N-methyl/N-ethyl adjacent to an activating group) is 1. The van der Waals surface area contributed by atoms with Crippen molar-refractivity contribution in [3.63, 3.8) is 0 Å². The molecule has 16 heavy (non-hydrogen) atoms. The third kappa shape index (κ3) is 2.39. The summed E-state index contributed by atoms with van der Waals surface area (Å²) in [6, 6.07) is 1.36. The molecule has 0 atom stereocenters. The van der Waals surface area contributed by atoms with Crippen LogP contribution in [0.3, 0.4) is 0 Å². The van der Waals surface area contributed by atoms with Gasteiger partial charge in [0.15, 0.2) is 5.03 Å². The molecule has 0 saturated heterocycles. The van der Waals surface area contributed by atoms with E-state index in [1.54, 1.807) is 0 Å². The predicted molar refractivity (Wildman–Crippen MR) is 55.0 cm³/mol. The largest absolute Gasteiger partial charge is 0.468 e. The van der Waals surface area contributed by atoms with Gasteiger partial charge in [-0.25, -0.2) is 8.42 Å². The second-order valence-corrected chi connectivity index (χ2v) is 5.12. The van der Waals surface area contributed by atoms with Crippen molar-refractivity contribution in [2.75, 3.05) is 20.7 Å². The van der Waals surface area contributed by atoms with E-state index in [1.807, 2.05) is 0 Å². The van der Waals surface area contributed by atoms with Crippen LogP contribution in [0.5, 0.6) is 0 Å². The van der Waals surface area contributed by atoms with Gasteiger partial charge in [0.25, 0.3) is 10.0 Å². The van der Waals surface area contributed by atoms with Crippen LogP contribution in [-0.2, 0) is 26.6 Å². The Bertz CT molecular complexity index is 479. The van der Waals surface area contributed by atoms with Crippen molar-refractivity contribution >= 4 is 16.0 Å². The minimum absolute atomic E-state index is 0.0268. The fraction of sp³-hybridized carbons (Fsp3) is 0.500. The fourth-order valence-electron chi connectivity index (χ4n) is 1.11. The van der Waals surface area contributed by atoms with Crippen LogP contribution in [0.1, 0.15) is 0 Å². The highest BCUT2D eigenvalue weighted by Crippen LogP contribution is 2.12. The Balaban J connectivity index is 2.95. The number of methoxy groups -OCH3 is 1. The van der Waals surface area contributed by atoms with E-state index >= 15 is 0 Å². The molecule has 1 aromatic heterocycles. The minimum Gasteiger partial charge on any atom is -0.468 e. The molecule has 0 N–H and O–H groups in total. The molecule has 0 bridgehead atoms. The Morgan fingerprint density at radius 3 is 2.69 bits per heavy atom. The van der Waals surface area contributed by atoms with E-state index in [9.17, 15) is 13.2 Å². The van der Waals surface area contributed by atoms with E-state index in [-0.39, 0.29) is 11.6 Å². The number of nitrogens with zero attached hydrogens (tertiary/aromatic N) is 3. The molecule has 0 aliphatic rings.